The minimum atomic E-state index is -0.443. The molecule has 2 heterocycles. The van der Waals surface area contributed by atoms with Gasteiger partial charge in [0.15, 0.2) is 23.0 Å². The molecule has 0 radical (unpaired) electrons. The lowest BCUT2D eigenvalue weighted by molar-refractivity contribution is 0.173. The van der Waals surface area contributed by atoms with Crippen molar-refractivity contribution in [3.8, 4) is 34.5 Å². The second-order valence-electron chi connectivity index (χ2n) is 7.00. The van der Waals surface area contributed by atoms with Crippen molar-refractivity contribution < 1.29 is 34.0 Å². The number of phenols is 2. The van der Waals surface area contributed by atoms with Crippen LogP contribution in [0.4, 0.5) is 4.79 Å². The smallest absolute Gasteiger partial charge is 0.316 e. The maximum Gasteiger partial charge on any atom is 0.316 e. The number of carbonyl (C=O) groups is 1. The zero-order valence-electron chi connectivity index (χ0n) is 16.1. The summed E-state index contributed by atoms with van der Waals surface area (Å²) in [6.07, 6.45) is 0.417. The van der Waals surface area contributed by atoms with Crippen LogP contribution in [0.3, 0.4) is 0 Å². The summed E-state index contributed by atoms with van der Waals surface area (Å²) in [5, 5.41) is 24.0. The van der Waals surface area contributed by atoms with E-state index in [1.165, 1.54) is 17.0 Å². The van der Waals surface area contributed by atoms with Crippen molar-refractivity contribution in [3.05, 3.63) is 35.4 Å². The number of ether oxygens (including phenoxy) is 4. The molecule has 0 spiro atoms. The van der Waals surface area contributed by atoms with Gasteiger partial charge in [-0.1, -0.05) is 0 Å². The van der Waals surface area contributed by atoms with Crippen molar-refractivity contribution in [2.45, 2.75) is 12.3 Å². The molecule has 2 aromatic carbocycles. The van der Waals surface area contributed by atoms with Gasteiger partial charge in [0.25, 0.3) is 0 Å². The van der Waals surface area contributed by atoms with Gasteiger partial charge in [0, 0.05) is 49.8 Å². The average molecular weight is 402 g/mol. The third-order valence-corrected chi connectivity index (χ3v) is 4.91. The summed E-state index contributed by atoms with van der Waals surface area (Å²) in [6, 6.07) is 6.15. The van der Waals surface area contributed by atoms with Crippen LogP contribution in [-0.4, -0.2) is 55.4 Å². The monoisotopic (exact) mass is 402 g/mol. The number of hydrogen-bond acceptors (Lipinski definition) is 7. The third-order valence-electron chi connectivity index (χ3n) is 4.91. The lowest BCUT2D eigenvalue weighted by atomic mass is 9.86. The molecular formula is C20H22N2O7. The summed E-state index contributed by atoms with van der Waals surface area (Å²) in [6.45, 7) is 0.484. The number of benzene rings is 2. The molecule has 29 heavy (non-hydrogen) atoms. The van der Waals surface area contributed by atoms with E-state index >= 15 is 0 Å². The quantitative estimate of drug-likeness (QED) is 0.704. The van der Waals surface area contributed by atoms with E-state index in [1.807, 2.05) is 0 Å². The highest BCUT2D eigenvalue weighted by Crippen LogP contribution is 2.47. The first-order valence-electron chi connectivity index (χ1n) is 9.14. The van der Waals surface area contributed by atoms with Gasteiger partial charge >= 0.3 is 6.03 Å². The summed E-state index contributed by atoms with van der Waals surface area (Å²) in [7, 11) is 3.31. The van der Waals surface area contributed by atoms with Gasteiger partial charge in [-0.3, -0.25) is 0 Å². The van der Waals surface area contributed by atoms with Crippen LogP contribution in [0.2, 0.25) is 0 Å². The number of carbonyl (C=O) groups excluding carboxylic acids is 1. The molecule has 9 nitrogen and oxygen atoms in total. The van der Waals surface area contributed by atoms with Crippen LogP contribution in [0.1, 0.15) is 23.5 Å². The SMILES string of the molecule is CN(C)C(=O)NCCC(c1cc2c(cc1O)OCO2)c1cc2c(cc1O)OCO2. The highest BCUT2D eigenvalue weighted by Gasteiger charge is 2.28. The number of urea groups is 1. The van der Waals surface area contributed by atoms with E-state index in [2.05, 4.69) is 5.32 Å². The summed E-state index contributed by atoms with van der Waals surface area (Å²) < 4.78 is 21.5. The van der Waals surface area contributed by atoms with E-state index in [-0.39, 0.29) is 31.1 Å². The number of fused-ring (bicyclic) bond motifs is 2. The molecule has 3 N–H and O–H groups in total. The summed E-state index contributed by atoms with van der Waals surface area (Å²) >= 11 is 0. The lowest BCUT2D eigenvalue weighted by Crippen LogP contribution is -2.35. The Balaban J connectivity index is 1.70. The first-order chi connectivity index (χ1) is 13.9. The summed E-state index contributed by atoms with van der Waals surface area (Å²) in [5.74, 6) is 1.52. The van der Waals surface area contributed by atoms with Crippen LogP contribution in [-0.2, 0) is 0 Å². The predicted molar refractivity (Wildman–Crippen MR) is 102 cm³/mol. The molecule has 2 aliphatic rings. The minimum absolute atomic E-state index is 0.00949. The Morgan fingerprint density at radius 2 is 1.38 bits per heavy atom. The van der Waals surface area contributed by atoms with Gasteiger partial charge in [-0.15, -0.1) is 0 Å². The number of nitrogens with zero attached hydrogens (tertiary/aromatic N) is 1. The van der Waals surface area contributed by atoms with E-state index in [4.69, 9.17) is 18.9 Å². The van der Waals surface area contributed by atoms with Gasteiger partial charge in [-0.2, -0.15) is 0 Å². The largest absolute Gasteiger partial charge is 0.508 e. The molecular weight excluding hydrogens is 380 g/mol. The Kier molecular flexibility index (Phi) is 4.87. The van der Waals surface area contributed by atoms with Gasteiger partial charge in [-0.05, 0) is 18.6 Å². The number of amides is 2. The van der Waals surface area contributed by atoms with Crippen molar-refractivity contribution in [3.63, 3.8) is 0 Å². The Bertz CT molecular complexity index is 881. The molecule has 0 fully saturated rings. The average Bonchev–Trinajstić information content (AvgIpc) is 3.32. The maximum absolute atomic E-state index is 11.9. The van der Waals surface area contributed by atoms with Gasteiger partial charge < -0.3 is 39.4 Å². The topological polar surface area (TPSA) is 110 Å². The Morgan fingerprint density at radius 3 is 1.83 bits per heavy atom. The molecule has 9 heteroatoms. The maximum atomic E-state index is 11.9. The number of phenolic OH excluding ortho intramolecular Hbond substituents is 2. The molecule has 0 saturated carbocycles. The minimum Gasteiger partial charge on any atom is -0.508 e. The van der Waals surface area contributed by atoms with Crippen molar-refractivity contribution >= 4 is 6.03 Å². The highest BCUT2D eigenvalue weighted by molar-refractivity contribution is 5.73. The zero-order valence-corrected chi connectivity index (χ0v) is 16.1. The molecule has 2 amide bonds. The standard InChI is InChI=1S/C20H22N2O7/c1-22(2)20(25)21-4-3-11(12-5-16-18(7-14(12)23)28-9-26-16)13-6-17-19(8-15(13)24)29-10-27-17/h5-8,11,23-24H,3-4,9-10H2,1-2H3,(H,21,25). The lowest BCUT2D eigenvalue weighted by Gasteiger charge is -2.22. The third kappa shape index (κ3) is 3.63. The van der Waals surface area contributed by atoms with E-state index in [0.29, 0.717) is 47.1 Å². The van der Waals surface area contributed by atoms with Crippen LogP contribution in [0.15, 0.2) is 24.3 Å². The number of rotatable bonds is 5. The normalized spacial score (nSPS) is 13.6. The Labute approximate surface area is 167 Å². The molecule has 0 aliphatic carbocycles. The molecule has 0 atom stereocenters. The van der Waals surface area contributed by atoms with Gasteiger partial charge in [-0.25, -0.2) is 4.79 Å². The van der Waals surface area contributed by atoms with Crippen molar-refractivity contribution in [2.75, 3.05) is 34.2 Å². The second kappa shape index (κ2) is 7.50. The Morgan fingerprint density at radius 1 is 0.931 bits per heavy atom. The predicted octanol–water partition coefficient (Wildman–Crippen LogP) is 2.35. The van der Waals surface area contributed by atoms with Crippen LogP contribution in [0.25, 0.3) is 0 Å². The molecule has 2 aromatic rings. The van der Waals surface area contributed by atoms with E-state index in [9.17, 15) is 15.0 Å². The fraction of sp³-hybridized carbons (Fsp3) is 0.350. The molecule has 4 rings (SSSR count). The molecule has 0 saturated heterocycles. The van der Waals surface area contributed by atoms with Crippen LogP contribution >= 0.6 is 0 Å². The van der Waals surface area contributed by atoms with Gasteiger partial charge in [0.05, 0.1) is 0 Å². The number of aromatic hydroxyl groups is 2. The number of nitrogens with one attached hydrogen (secondary N) is 1. The van der Waals surface area contributed by atoms with Gasteiger partial charge in [0.1, 0.15) is 11.5 Å². The molecule has 0 aromatic heterocycles. The second-order valence-corrected chi connectivity index (χ2v) is 7.00. The van der Waals surface area contributed by atoms with E-state index < -0.39 is 5.92 Å². The fourth-order valence-electron chi connectivity index (χ4n) is 3.41. The highest BCUT2D eigenvalue weighted by atomic mass is 16.7. The van der Waals surface area contributed by atoms with Crippen molar-refractivity contribution in [1.29, 1.82) is 0 Å². The zero-order chi connectivity index (χ0) is 20.5. The fourth-order valence-corrected chi connectivity index (χ4v) is 3.41. The molecule has 0 unspecified atom stereocenters. The van der Waals surface area contributed by atoms with Crippen molar-refractivity contribution in [2.24, 2.45) is 0 Å². The van der Waals surface area contributed by atoms with E-state index in [0.717, 1.165) is 0 Å². The number of hydrogen-bond donors (Lipinski definition) is 3. The summed E-state index contributed by atoms with van der Waals surface area (Å²) in [5.41, 5.74) is 1.09. The molecule has 154 valence electrons. The van der Waals surface area contributed by atoms with E-state index in [1.54, 1.807) is 26.2 Å². The van der Waals surface area contributed by atoms with Crippen LogP contribution in [0.5, 0.6) is 34.5 Å². The van der Waals surface area contributed by atoms with Crippen LogP contribution < -0.4 is 24.3 Å². The summed E-state index contributed by atoms with van der Waals surface area (Å²) in [4.78, 5) is 13.3. The molecule has 0 bridgehead atoms. The first kappa shape index (κ1) is 18.9. The first-order valence-corrected chi connectivity index (χ1v) is 9.14. The molecule has 2 aliphatic heterocycles. The van der Waals surface area contributed by atoms with Gasteiger partial charge in [0.2, 0.25) is 13.6 Å². The van der Waals surface area contributed by atoms with Crippen LogP contribution in [0, 0.1) is 0 Å². The van der Waals surface area contributed by atoms with Crippen molar-refractivity contribution in [1.82, 2.24) is 10.2 Å². The Hall–Kier alpha value is -3.49.